The van der Waals surface area contributed by atoms with Gasteiger partial charge in [0, 0.05) is 25.1 Å². The molecule has 1 atom stereocenters. The molecule has 4 rings (SSSR count). The maximum absolute atomic E-state index is 13.0. The van der Waals surface area contributed by atoms with Crippen molar-refractivity contribution in [2.24, 2.45) is 4.99 Å². The van der Waals surface area contributed by atoms with E-state index in [9.17, 15) is 24.6 Å². The van der Waals surface area contributed by atoms with Gasteiger partial charge in [0.15, 0.2) is 5.78 Å². The van der Waals surface area contributed by atoms with Crippen molar-refractivity contribution in [1.29, 1.82) is 0 Å². The highest BCUT2D eigenvalue weighted by Gasteiger charge is 2.35. The van der Waals surface area contributed by atoms with Crippen molar-refractivity contribution in [2.75, 3.05) is 19.7 Å². The smallest absolute Gasteiger partial charge is 0.261 e. The lowest BCUT2D eigenvalue weighted by Gasteiger charge is -2.26. The second kappa shape index (κ2) is 9.92. The molecule has 1 unspecified atom stereocenters. The Morgan fingerprint density at radius 1 is 0.939 bits per heavy atom. The Morgan fingerprint density at radius 2 is 1.58 bits per heavy atom. The zero-order chi connectivity index (χ0) is 23.4. The number of carbonyl (C=O) groups is 3. The number of allylic oxidation sites excluding steroid dienone is 2. The number of ketones is 1. The fraction of sp³-hybridized carbons (Fsp3) is 0.308. The summed E-state index contributed by atoms with van der Waals surface area (Å²) in [6.07, 6.45) is 1.22. The third-order valence-electron chi connectivity index (χ3n) is 6.07. The Labute approximate surface area is 192 Å². The Bertz CT molecular complexity index is 1100. The second-order valence-electron chi connectivity index (χ2n) is 8.22. The fourth-order valence-electron chi connectivity index (χ4n) is 4.48. The summed E-state index contributed by atoms with van der Waals surface area (Å²) >= 11 is 0. The fourth-order valence-corrected chi connectivity index (χ4v) is 4.48. The van der Waals surface area contributed by atoms with Gasteiger partial charge in [0.25, 0.3) is 11.8 Å². The molecule has 2 aromatic carbocycles. The Kier molecular flexibility index (Phi) is 6.79. The van der Waals surface area contributed by atoms with E-state index in [4.69, 9.17) is 0 Å². The van der Waals surface area contributed by atoms with Crippen molar-refractivity contribution in [3.63, 3.8) is 0 Å². The molecule has 0 bridgehead atoms. The summed E-state index contributed by atoms with van der Waals surface area (Å²) < 4.78 is 0. The highest BCUT2D eigenvalue weighted by molar-refractivity contribution is 6.25. The van der Waals surface area contributed by atoms with E-state index in [-0.39, 0.29) is 67.4 Å². The first-order valence-corrected chi connectivity index (χ1v) is 11.1. The summed E-state index contributed by atoms with van der Waals surface area (Å²) in [6, 6.07) is 16.4. The van der Waals surface area contributed by atoms with Crippen LogP contribution >= 0.6 is 0 Å². The zero-order valence-electron chi connectivity index (χ0n) is 18.2. The summed E-state index contributed by atoms with van der Waals surface area (Å²) in [5.74, 6) is -0.990. The molecule has 7 heteroatoms. The van der Waals surface area contributed by atoms with Crippen molar-refractivity contribution < 1.29 is 24.6 Å². The van der Waals surface area contributed by atoms with E-state index in [2.05, 4.69) is 4.99 Å². The minimum atomic E-state index is -0.340. The summed E-state index contributed by atoms with van der Waals surface area (Å²) in [7, 11) is 0. The van der Waals surface area contributed by atoms with Crippen molar-refractivity contribution in [1.82, 2.24) is 4.90 Å². The van der Waals surface area contributed by atoms with Gasteiger partial charge in [0.2, 0.25) is 0 Å². The van der Waals surface area contributed by atoms with E-state index in [0.29, 0.717) is 29.7 Å². The van der Waals surface area contributed by atoms with Crippen LogP contribution in [0, 0.1) is 0 Å². The van der Waals surface area contributed by atoms with Gasteiger partial charge >= 0.3 is 0 Å². The van der Waals surface area contributed by atoms with E-state index in [1.165, 1.54) is 4.90 Å². The van der Waals surface area contributed by atoms with Gasteiger partial charge in [-0.2, -0.15) is 0 Å². The van der Waals surface area contributed by atoms with E-state index in [0.717, 1.165) is 5.56 Å². The van der Waals surface area contributed by atoms with Gasteiger partial charge in [-0.15, -0.1) is 0 Å². The van der Waals surface area contributed by atoms with Crippen molar-refractivity contribution in [3.05, 3.63) is 82.6 Å². The Balaban J connectivity index is 1.47. The van der Waals surface area contributed by atoms with Crippen LogP contribution in [0.1, 0.15) is 57.9 Å². The van der Waals surface area contributed by atoms with Crippen LogP contribution in [0.25, 0.3) is 0 Å². The quantitative estimate of drug-likeness (QED) is 0.385. The molecule has 7 nitrogen and oxygen atoms in total. The van der Waals surface area contributed by atoms with E-state index >= 15 is 0 Å². The van der Waals surface area contributed by atoms with Gasteiger partial charge in [0.05, 0.1) is 29.9 Å². The first-order valence-electron chi connectivity index (χ1n) is 11.1. The number of rotatable bonds is 7. The molecule has 0 aromatic heterocycles. The van der Waals surface area contributed by atoms with Gasteiger partial charge in [-0.1, -0.05) is 42.5 Å². The average Bonchev–Trinajstić information content (AvgIpc) is 3.08. The first-order chi connectivity index (χ1) is 16.0. The molecule has 170 valence electrons. The topological polar surface area (TPSA) is 107 Å². The van der Waals surface area contributed by atoms with Crippen LogP contribution in [-0.4, -0.2) is 58.1 Å². The molecule has 1 aliphatic carbocycles. The first kappa shape index (κ1) is 22.6. The molecule has 1 heterocycles. The summed E-state index contributed by atoms with van der Waals surface area (Å²) in [5, 5.41) is 20.0. The molecule has 33 heavy (non-hydrogen) atoms. The molecule has 2 amide bonds. The third-order valence-corrected chi connectivity index (χ3v) is 6.07. The summed E-state index contributed by atoms with van der Waals surface area (Å²) in [6.45, 7) is 0.144. The number of aliphatic hydroxyl groups excluding tert-OH is 2. The van der Waals surface area contributed by atoms with Crippen molar-refractivity contribution in [2.45, 2.75) is 31.6 Å². The molecule has 2 aliphatic rings. The molecule has 1 fully saturated rings. The predicted octanol–water partition coefficient (Wildman–Crippen LogP) is 3.45. The average molecular weight is 447 g/mol. The van der Waals surface area contributed by atoms with Gasteiger partial charge < -0.3 is 10.2 Å². The normalized spacial score (nSPS) is 21.0. The molecule has 1 saturated carbocycles. The lowest BCUT2D eigenvalue weighted by Crippen LogP contribution is -2.31. The maximum atomic E-state index is 13.0. The number of amides is 2. The lowest BCUT2D eigenvalue weighted by molar-refractivity contribution is -0.116. The molecule has 1 aliphatic heterocycles. The number of nitrogens with zero attached hydrogens (tertiary/aromatic N) is 2. The molecular weight excluding hydrogens is 420 g/mol. The molecule has 0 saturated heterocycles. The van der Waals surface area contributed by atoms with Crippen LogP contribution in [0.3, 0.4) is 0 Å². The second-order valence-corrected chi connectivity index (χ2v) is 8.22. The van der Waals surface area contributed by atoms with Gasteiger partial charge in [-0.3, -0.25) is 24.3 Å². The molecule has 2 N–H and O–H groups in total. The van der Waals surface area contributed by atoms with Gasteiger partial charge in [-0.25, -0.2) is 0 Å². The number of Topliss-reactive ketones (excluding diaryl/α,β-unsaturated/α-hetero) is 1. The van der Waals surface area contributed by atoms with Crippen molar-refractivity contribution in [3.8, 4) is 0 Å². The third kappa shape index (κ3) is 4.64. The molecule has 2 aromatic rings. The lowest BCUT2D eigenvalue weighted by atomic mass is 9.78. The monoisotopic (exact) mass is 446 g/mol. The van der Waals surface area contributed by atoms with E-state index in [1.54, 1.807) is 24.3 Å². The van der Waals surface area contributed by atoms with Crippen LogP contribution in [0.5, 0.6) is 0 Å². The minimum absolute atomic E-state index is 0.0361. The standard InChI is InChI=1S/C26H26N2O5/c29-14-12-27-21-15-18(17-7-2-1-3-8-17)16-23(31)24(21)22(30)11-6-13-28-25(32)19-9-4-5-10-20(19)26(28)33/h1-5,7-10,18,29-30H,6,11-16H2/b24-22+,27-21?. The van der Waals surface area contributed by atoms with Crippen molar-refractivity contribution >= 4 is 23.3 Å². The summed E-state index contributed by atoms with van der Waals surface area (Å²) in [4.78, 5) is 43.6. The number of carbonyl (C=O) groups excluding carboxylic acids is 3. The number of hydrogen-bond acceptors (Lipinski definition) is 6. The predicted molar refractivity (Wildman–Crippen MR) is 124 cm³/mol. The zero-order valence-corrected chi connectivity index (χ0v) is 18.2. The number of aliphatic hydroxyl groups is 2. The Hall–Kier alpha value is -3.58. The van der Waals surface area contributed by atoms with E-state index < -0.39 is 0 Å². The van der Waals surface area contributed by atoms with Crippen LogP contribution in [0.15, 0.2) is 70.9 Å². The van der Waals surface area contributed by atoms with Crippen LogP contribution in [0.4, 0.5) is 0 Å². The minimum Gasteiger partial charge on any atom is -0.511 e. The molecular formula is C26H26N2O5. The number of benzene rings is 2. The van der Waals surface area contributed by atoms with E-state index in [1.807, 2.05) is 30.3 Å². The molecule has 0 radical (unpaired) electrons. The highest BCUT2D eigenvalue weighted by Crippen LogP contribution is 2.34. The number of imide groups is 1. The number of fused-ring (bicyclic) bond motifs is 1. The number of hydrogen-bond donors (Lipinski definition) is 2. The maximum Gasteiger partial charge on any atom is 0.261 e. The van der Waals surface area contributed by atoms with Crippen LogP contribution in [0.2, 0.25) is 0 Å². The largest absolute Gasteiger partial charge is 0.511 e. The number of aliphatic imine (C=N–C) groups is 1. The Morgan fingerprint density at radius 3 is 2.21 bits per heavy atom. The van der Waals surface area contributed by atoms with Gasteiger partial charge in [-0.05, 0) is 36.5 Å². The highest BCUT2D eigenvalue weighted by atomic mass is 16.3. The SMILES string of the molecule is O=C1CC(c2ccccc2)CC(=NCCO)/C1=C(\O)CCCN1C(=O)c2ccccc2C1=O. The van der Waals surface area contributed by atoms with Gasteiger partial charge in [0.1, 0.15) is 5.76 Å². The molecule has 0 spiro atoms. The van der Waals surface area contributed by atoms with Crippen LogP contribution in [-0.2, 0) is 4.79 Å². The summed E-state index contributed by atoms with van der Waals surface area (Å²) in [5.41, 5.74) is 2.51. The van der Waals surface area contributed by atoms with Crippen LogP contribution < -0.4 is 0 Å².